The van der Waals surface area contributed by atoms with E-state index < -0.39 is 5.91 Å². The van der Waals surface area contributed by atoms with Crippen LogP contribution < -0.4 is 5.73 Å². The molecule has 0 fully saturated rings. The fraction of sp³-hybridized carbons (Fsp3) is 0. The maximum Gasteiger partial charge on any atom is 0.240 e. The zero-order valence-corrected chi connectivity index (χ0v) is 3.22. The summed E-state index contributed by atoms with van der Waals surface area (Å²) in [7, 11) is 4.75. The highest BCUT2D eigenvalue weighted by Crippen LogP contribution is 1.57. The first-order chi connectivity index (χ1) is 2.77. The molecule has 6 heavy (non-hydrogen) atoms. The summed E-state index contributed by atoms with van der Waals surface area (Å²) in [6.45, 7) is 0. The molecule has 2 nitrogen and oxygen atoms in total. The quantitative estimate of drug-likeness (QED) is 0.324. The van der Waals surface area contributed by atoms with Gasteiger partial charge < -0.3 is 5.73 Å². The van der Waals surface area contributed by atoms with E-state index in [9.17, 15) is 4.79 Å². The number of carbonyl (C=O) groups excluding carboxylic acids is 1. The van der Waals surface area contributed by atoms with E-state index in [0.29, 0.717) is 0 Å². The molecule has 0 aliphatic carbocycles. The molecule has 1 amide bonds. The number of hydrogen-bond donors (Lipinski definition) is 1. The first-order valence-corrected chi connectivity index (χ1v) is 1.45. The van der Waals surface area contributed by atoms with Crippen molar-refractivity contribution in [3.05, 3.63) is 12.1 Å². The van der Waals surface area contributed by atoms with Crippen LogP contribution in [0, 0.1) is 0 Å². The Morgan fingerprint density at radius 2 is 2.33 bits per heavy atom. The second-order valence-corrected chi connectivity index (χ2v) is 0.761. The highest BCUT2D eigenvalue weighted by molar-refractivity contribution is 6.18. The highest BCUT2D eigenvalue weighted by atomic mass is 16.1. The second kappa shape index (κ2) is 2.51. The van der Waals surface area contributed by atoms with E-state index >= 15 is 0 Å². The number of nitrogens with two attached hydrogens (primary N) is 1. The van der Waals surface area contributed by atoms with Crippen LogP contribution in [0.1, 0.15) is 0 Å². The molecule has 0 rings (SSSR count). The van der Waals surface area contributed by atoms with E-state index in [2.05, 4.69) is 5.73 Å². The van der Waals surface area contributed by atoms with Crippen molar-refractivity contribution in [1.82, 2.24) is 0 Å². The van der Waals surface area contributed by atoms with Crippen LogP contribution >= 0.6 is 0 Å². The molecule has 0 aromatic rings. The molecule has 0 aliphatic rings. The second-order valence-electron chi connectivity index (χ2n) is 0.761. The van der Waals surface area contributed by atoms with Crippen molar-refractivity contribution in [1.29, 1.82) is 0 Å². The van der Waals surface area contributed by atoms with Gasteiger partial charge in [0.1, 0.15) is 7.85 Å². The number of primary amides is 1. The normalized spacial score (nSPS) is 9.33. The first-order valence-electron chi connectivity index (χ1n) is 1.45. The van der Waals surface area contributed by atoms with Crippen LogP contribution in [-0.4, -0.2) is 13.8 Å². The molecule has 0 aromatic heterocycles. The third-order valence-electron chi connectivity index (χ3n) is 0.260. The molecule has 0 saturated carbocycles. The van der Waals surface area contributed by atoms with Gasteiger partial charge in [-0.3, -0.25) is 4.79 Å². The Morgan fingerprint density at radius 1 is 1.83 bits per heavy atom. The van der Waals surface area contributed by atoms with Gasteiger partial charge in [-0.15, -0.1) is 5.98 Å². The lowest BCUT2D eigenvalue weighted by Gasteiger charge is -1.70. The minimum absolute atomic E-state index is 0.516. The molecule has 2 radical (unpaired) electrons. The molecule has 30 valence electrons. The summed E-state index contributed by atoms with van der Waals surface area (Å²) in [5.41, 5.74) is 4.60. The fourth-order valence-corrected chi connectivity index (χ4v) is 0.0948. The third kappa shape index (κ3) is 3.27. The van der Waals surface area contributed by atoms with E-state index in [1.807, 2.05) is 0 Å². The van der Waals surface area contributed by atoms with Crippen molar-refractivity contribution in [3.63, 3.8) is 0 Å². The van der Waals surface area contributed by atoms with E-state index in [-0.39, 0.29) is 0 Å². The Morgan fingerprint density at radius 3 is 2.33 bits per heavy atom. The summed E-state index contributed by atoms with van der Waals surface area (Å²) in [5.74, 6) is 0.583. The summed E-state index contributed by atoms with van der Waals surface area (Å²) in [6, 6.07) is 0. The first kappa shape index (κ1) is 5.27. The van der Waals surface area contributed by atoms with Gasteiger partial charge in [-0.25, -0.2) is 0 Å². The number of hydrogen-bond acceptors (Lipinski definition) is 1. The fourth-order valence-electron chi connectivity index (χ4n) is 0.0948. The minimum Gasteiger partial charge on any atom is -0.366 e. The van der Waals surface area contributed by atoms with Crippen LogP contribution in [0.25, 0.3) is 0 Å². The van der Waals surface area contributed by atoms with E-state index in [1.165, 1.54) is 0 Å². The van der Waals surface area contributed by atoms with Crippen LogP contribution in [0.2, 0.25) is 0 Å². The molecule has 0 spiro atoms. The van der Waals surface area contributed by atoms with Gasteiger partial charge in [0.2, 0.25) is 5.91 Å². The van der Waals surface area contributed by atoms with Gasteiger partial charge >= 0.3 is 0 Å². The van der Waals surface area contributed by atoms with Crippen LogP contribution in [-0.2, 0) is 4.79 Å². The van der Waals surface area contributed by atoms with Crippen molar-refractivity contribution in [2.45, 2.75) is 0 Å². The standard InChI is InChI=1S/C3H4BNO/c4-2-1-3(5)6/h1-2H,(H2,5,6). The molecule has 3 heteroatoms. The molecule has 2 N–H and O–H groups in total. The monoisotopic (exact) mass is 81.0 g/mol. The van der Waals surface area contributed by atoms with E-state index in [0.717, 1.165) is 12.1 Å². The third-order valence-corrected chi connectivity index (χ3v) is 0.260. The van der Waals surface area contributed by atoms with Crippen LogP contribution in [0.3, 0.4) is 0 Å². The number of rotatable bonds is 1. The van der Waals surface area contributed by atoms with E-state index in [4.69, 9.17) is 7.85 Å². The molecule has 0 bridgehead atoms. The minimum atomic E-state index is -0.516. The number of carbonyl (C=O) groups is 1. The molecule has 0 atom stereocenters. The maximum atomic E-state index is 9.65. The summed E-state index contributed by atoms with van der Waals surface area (Å²) in [5, 5.41) is 0. The average molecular weight is 80.9 g/mol. The predicted octanol–water partition coefficient (Wildman–Crippen LogP) is -0.846. The molecule has 0 unspecified atom stereocenters. The largest absolute Gasteiger partial charge is 0.366 e. The Hall–Kier alpha value is -0.725. The summed E-state index contributed by atoms with van der Waals surface area (Å²) < 4.78 is 0. The van der Waals surface area contributed by atoms with Crippen LogP contribution in [0.4, 0.5) is 0 Å². The Labute approximate surface area is 37.4 Å². The maximum absolute atomic E-state index is 9.65. The van der Waals surface area contributed by atoms with E-state index in [1.54, 1.807) is 0 Å². The van der Waals surface area contributed by atoms with Crippen molar-refractivity contribution in [2.75, 3.05) is 0 Å². The SMILES string of the molecule is [B]C=CC(N)=O. The Kier molecular flexibility index (Phi) is 2.21. The summed E-state index contributed by atoms with van der Waals surface area (Å²) in [4.78, 5) is 9.65. The van der Waals surface area contributed by atoms with Gasteiger partial charge in [0, 0.05) is 0 Å². The number of amides is 1. The van der Waals surface area contributed by atoms with Gasteiger partial charge in [-0.2, -0.15) is 0 Å². The zero-order valence-electron chi connectivity index (χ0n) is 3.22. The van der Waals surface area contributed by atoms with Crippen molar-refractivity contribution >= 4 is 13.8 Å². The van der Waals surface area contributed by atoms with Gasteiger partial charge in [0.05, 0.1) is 0 Å². The molecule has 0 saturated heterocycles. The molecule has 0 aromatic carbocycles. The lowest BCUT2D eigenvalue weighted by atomic mass is 10.1. The van der Waals surface area contributed by atoms with Gasteiger partial charge in [-0.05, 0) is 6.08 Å². The summed E-state index contributed by atoms with van der Waals surface area (Å²) >= 11 is 0. The lowest BCUT2D eigenvalue weighted by Crippen LogP contribution is -2.04. The Balaban J connectivity index is 3.30. The van der Waals surface area contributed by atoms with Gasteiger partial charge in [-0.1, -0.05) is 0 Å². The molecular formula is C3H4BNO. The van der Waals surface area contributed by atoms with Crippen LogP contribution in [0.15, 0.2) is 12.1 Å². The summed E-state index contributed by atoms with van der Waals surface area (Å²) in [6.07, 6.45) is 1.08. The molecule has 0 heterocycles. The van der Waals surface area contributed by atoms with Crippen LogP contribution in [0.5, 0.6) is 0 Å². The highest BCUT2D eigenvalue weighted by Gasteiger charge is 1.72. The Bertz CT molecular complexity index is 78.9. The predicted molar refractivity (Wildman–Crippen MR) is 24.1 cm³/mol. The lowest BCUT2D eigenvalue weighted by molar-refractivity contribution is -0.113. The smallest absolute Gasteiger partial charge is 0.240 e. The van der Waals surface area contributed by atoms with Crippen molar-refractivity contribution in [2.24, 2.45) is 5.73 Å². The van der Waals surface area contributed by atoms with Gasteiger partial charge in [0.15, 0.2) is 0 Å². The topological polar surface area (TPSA) is 43.1 Å². The molecule has 0 aliphatic heterocycles. The molecular weight excluding hydrogens is 76.9 g/mol. The van der Waals surface area contributed by atoms with Crippen molar-refractivity contribution < 1.29 is 4.79 Å². The average Bonchev–Trinajstić information content (AvgIpc) is 1.35. The van der Waals surface area contributed by atoms with Crippen molar-refractivity contribution in [3.8, 4) is 0 Å². The zero-order chi connectivity index (χ0) is 4.99. The van der Waals surface area contributed by atoms with Gasteiger partial charge in [0.25, 0.3) is 0 Å².